The van der Waals surface area contributed by atoms with E-state index in [2.05, 4.69) is 18.8 Å². The molecular formula is C16H27Cl2N3O2. The summed E-state index contributed by atoms with van der Waals surface area (Å²) in [5, 5.41) is 0. The van der Waals surface area contributed by atoms with Crippen molar-refractivity contribution in [2.24, 2.45) is 11.1 Å². The number of halogens is 2. The largest absolute Gasteiger partial charge is 0.489 e. The number of piperidine rings is 1. The molecule has 7 heteroatoms. The van der Waals surface area contributed by atoms with Gasteiger partial charge < -0.3 is 15.4 Å². The summed E-state index contributed by atoms with van der Waals surface area (Å²) in [6.07, 6.45) is 2.44. The van der Waals surface area contributed by atoms with Crippen LogP contribution in [-0.4, -0.2) is 41.0 Å². The summed E-state index contributed by atoms with van der Waals surface area (Å²) in [6.45, 7) is 9.38. The molecular weight excluding hydrogens is 337 g/mol. The Balaban J connectivity index is 0.00000242. The van der Waals surface area contributed by atoms with Crippen LogP contribution in [0.15, 0.2) is 18.3 Å². The first-order valence-corrected chi connectivity index (χ1v) is 7.48. The average molecular weight is 364 g/mol. The van der Waals surface area contributed by atoms with Crippen LogP contribution in [0.1, 0.15) is 44.6 Å². The van der Waals surface area contributed by atoms with Gasteiger partial charge in [0.25, 0.3) is 5.91 Å². The maximum atomic E-state index is 12.7. The van der Waals surface area contributed by atoms with E-state index < -0.39 is 0 Å². The zero-order valence-corrected chi connectivity index (χ0v) is 15.7. The molecule has 0 saturated carbocycles. The molecule has 1 amide bonds. The maximum Gasteiger partial charge on any atom is 0.276 e. The van der Waals surface area contributed by atoms with Crippen molar-refractivity contribution in [1.29, 1.82) is 0 Å². The van der Waals surface area contributed by atoms with Gasteiger partial charge >= 0.3 is 0 Å². The SMILES string of the molecule is CC(C)Oc1cccnc1C(=O)N1CCC(N)C(C)(C)C1.Cl.Cl. The Bertz CT molecular complexity index is 524. The molecule has 5 nitrogen and oxygen atoms in total. The van der Waals surface area contributed by atoms with Gasteiger partial charge in [0, 0.05) is 25.3 Å². The second-order valence-corrected chi connectivity index (χ2v) is 6.63. The van der Waals surface area contributed by atoms with Crippen LogP contribution in [0.5, 0.6) is 5.75 Å². The predicted octanol–water partition coefficient (Wildman–Crippen LogP) is 2.91. The molecule has 1 fully saturated rings. The molecule has 1 aliphatic rings. The first-order valence-electron chi connectivity index (χ1n) is 7.48. The number of carbonyl (C=O) groups is 1. The summed E-state index contributed by atoms with van der Waals surface area (Å²) in [4.78, 5) is 18.8. The fraction of sp³-hybridized carbons (Fsp3) is 0.625. The first-order chi connectivity index (χ1) is 9.81. The number of hydrogen-bond donors (Lipinski definition) is 1. The number of rotatable bonds is 3. The highest BCUT2D eigenvalue weighted by Gasteiger charge is 2.36. The Morgan fingerprint density at radius 2 is 2.09 bits per heavy atom. The number of carbonyl (C=O) groups excluding carboxylic acids is 1. The van der Waals surface area contributed by atoms with Crippen molar-refractivity contribution in [2.45, 2.75) is 46.3 Å². The molecule has 0 bridgehead atoms. The third kappa shape index (κ3) is 5.23. The van der Waals surface area contributed by atoms with Gasteiger partial charge in [0.2, 0.25) is 0 Å². The van der Waals surface area contributed by atoms with Gasteiger partial charge in [0.05, 0.1) is 6.10 Å². The molecule has 1 aromatic heterocycles. The molecule has 1 unspecified atom stereocenters. The Morgan fingerprint density at radius 1 is 1.43 bits per heavy atom. The number of pyridine rings is 1. The molecule has 1 saturated heterocycles. The Morgan fingerprint density at radius 3 is 2.65 bits per heavy atom. The van der Waals surface area contributed by atoms with Gasteiger partial charge in [-0.25, -0.2) is 4.98 Å². The second-order valence-electron chi connectivity index (χ2n) is 6.63. The summed E-state index contributed by atoms with van der Waals surface area (Å²) in [5.41, 5.74) is 6.44. The van der Waals surface area contributed by atoms with Gasteiger partial charge in [0.15, 0.2) is 11.4 Å². The molecule has 2 N–H and O–H groups in total. The quantitative estimate of drug-likeness (QED) is 0.896. The minimum absolute atomic E-state index is 0. The van der Waals surface area contributed by atoms with Crippen molar-refractivity contribution in [1.82, 2.24) is 9.88 Å². The summed E-state index contributed by atoms with van der Waals surface area (Å²) in [6, 6.07) is 3.70. The van der Waals surface area contributed by atoms with E-state index in [1.165, 1.54) is 0 Å². The molecule has 0 radical (unpaired) electrons. The van der Waals surface area contributed by atoms with E-state index in [9.17, 15) is 4.79 Å². The highest BCUT2D eigenvalue weighted by Crippen LogP contribution is 2.29. The van der Waals surface area contributed by atoms with Gasteiger partial charge in [0.1, 0.15) is 0 Å². The standard InChI is InChI=1S/C16H25N3O2.2ClH/c1-11(2)21-12-6-5-8-18-14(12)15(20)19-9-7-13(17)16(3,4)10-19;;/h5-6,8,11,13H,7,9-10,17H2,1-4H3;2*1H. The summed E-state index contributed by atoms with van der Waals surface area (Å²) < 4.78 is 5.70. The molecule has 1 aliphatic heterocycles. The second kappa shape index (κ2) is 8.71. The van der Waals surface area contributed by atoms with Crippen molar-refractivity contribution in [3.05, 3.63) is 24.0 Å². The number of nitrogens with two attached hydrogens (primary N) is 1. The van der Waals surface area contributed by atoms with Crippen LogP contribution in [0.4, 0.5) is 0 Å². The first kappa shape index (κ1) is 22.0. The van der Waals surface area contributed by atoms with Crippen LogP contribution < -0.4 is 10.5 Å². The van der Waals surface area contributed by atoms with Crippen LogP contribution in [0.3, 0.4) is 0 Å². The van der Waals surface area contributed by atoms with E-state index >= 15 is 0 Å². The predicted molar refractivity (Wildman–Crippen MR) is 96.8 cm³/mol. The topological polar surface area (TPSA) is 68.5 Å². The normalized spacial score (nSPS) is 19.6. The Kier molecular flexibility index (Phi) is 8.32. The van der Waals surface area contributed by atoms with Crippen LogP contribution >= 0.6 is 24.8 Å². The fourth-order valence-electron chi connectivity index (χ4n) is 2.60. The zero-order valence-electron chi connectivity index (χ0n) is 14.1. The lowest BCUT2D eigenvalue weighted by molar-refractivity contribution is 0.0521. The van der Waals surface area contributed by atoms with Crippen molar-refractivity contribution in [3.63, 3.8) is 0 Å². The maximum absolute atomic E-state index is 12.7. The number of aromatic nitrogens is 1. The summed E-state index contributed by atoms with van der Waals surface area (Å²) >= 11 is 0. The highest BCUT2D eigenvalue weighted by molar-refractivity contribution is 5.95. The van der Waals surface area contributed by atoms with Crippen LogP contribution in [-0.2, 0) is 0 Å². The number of ether oxygens (including phenoxy) is 1. The molecule has 2 heterocycles. The van der Waals surface area contributed by atoms with Gasteiger partial charge in [-0.15, -0.1) is 24.8 Å². The lowest BCUT2D eigenvalue weighted by Crippen LogP contribution is -2.54. The van der Waals surface area contributed by atoms with Gasteiger partial charge in [-0.3, -0.25) is 4.79 Å². The van der Waals surface area contributed by atoms with Crippen molar-refractivity contribution in [2.75, 3.05) is 13.1 Å². The third-order valence-corrected chi connectivity index (χ3v) is 3.94. The van der Waals surface area contributed by atoms with E-state index in [4.69, 9.17) is 10.5 Å². The monoisotopic (exact) mass is 363 g/mol. The van der Waals surface area contributed by atoms with Crippen LogP contribution in [0.25, 0.3) is 0 Å². The van der Waals surface area contributed by atoms with Crippen molar-refractivity contribution < 1.29 is 9.53 Å². The molecule has 1 atom stereocenters. The Hall–Kier alpha value is -1.04. The number of hydrogen-bond acceptors (Lipinski definition) is 4. The molecule has 0 aliphatic carbocycles. The average Bonchev–Trinajstić information content (AvgIpc) is 2.41. The third-order valence-electron chi connectivity index (χ3n) is 3.94. The summed E-state index contributed by atoms with van der Waals surface area (Å²) in [7, 11) is 0. The smallest absolute Gasteiger partial charge is 0.276 e. The van der Waals surface area contributed by atoms with E-state index in [1.54, 1.807) is 18.3 Å². The van der Waals surface area contributed by atoms with Crippen LogP contribution in [0, 0.1) is 5.41 Å². The zero-order chi connectivity index (χ0) is 15.6. The van der Waals surface area contributed by atoms with E-state index in [-0.39, 0.29) is 48.3 Å². The van der Waals surface area contributed by atoms with E-state index in [0.29, 0.717) is 24.5 Å². The number of nitrogens with zero attached hydrogens (tertiary/aromatic N) is 2. The molecule has 2 rings (SSSR count). The van der Waals surface area contributed by atoms with Crippen LogP contribution in [0.2, 0.25) is 0 Å². The highest BCUT2D eigenvalue weighted by atomic mass is 35.5. The van der Waals surface area contributed by atoms with E-state index in [1.807, 2.05) is 18.7 Å². The van der Waals surface area contributed by atoms with Gasteiger partial charge in [-0.05, 0) is 37.8 Å². The molecule has 132 valence electrons. The Labute approximate surface area is 150 Å². The van der Waals surface area contributed by atoms with Gasteiger partial charge in [-0.1, -0.05) is 13.8 Å². The van der Waals surface area contributed by atoms with E-state index in [0.717, 1.165) is 6.42 Å². The molecule has 0 aromatic carbocycles. The van der Waals surface area contributed by atoms with Crippen molar-refractivity contribution >= 4 is 30.7 Å². The fourth-order valence-corrected chi connectivity index (χ4v) is 2.60. The van der Waals surface area contributed by atoms with Crippen molar-refractivity contribution in [3.8, 4) is 5.75 Å². The molecule has 0 spiro atoms. The number of likely N-dealkylation sites (tertiary alicyclic amines) is 1. The summed E-state index contributed by atoms with van der Waals surface area (Å²) in [5.74, 6) is 0.469. The molecule has 1 aromatic rings. The minimum atomic E-state index is -0.0816. The lowest BCUT2D eigenvalue weighted by atomic mass is 9.79. The molecule has 23 heavy (non-hydrogen) atoms. The number of amides is 1. The lowest BCUT2D eigenvalue weighted by Gasteiger charge is -2.42. The van der Waals surface area contributed by atoms with Gasteiger partial charge in [-0.2, -0.15) is 0 Å². The minimum Gasteiger partial charge on any atom is -0.489 e.